The first kappa shape index (κ1) is 18.4. The molecule has 0 unspecified atom stereocenters. The van der Waals surface area contributed by atoms with Crippen molar-refractivity contribution in [3.05, 3.63) is 10.2 Å². The molecule has 0 N–H and O–H groups in total. The van der Waals surface area contributed by atoms with E-state index in [9.17, 15) is 13.2 Å². The third-order valence-electron chi connectivity index (χ3n) is 3.19. The van der Waals surface area contributed by atoms with Crippen LogP contribution in [0.2, 0.25) is 4.47 Å². The number of hydrogen-bond donors (Lipinski definition) is 0. The number of rotatable bonds is 2. The number of carbonyl (C=O) groups excluding carboxylic acids is 1. The van der Waals surface area contributed by atoms with Gasteiger partial charge < -0.3 is 9.64 Å². The Bertz CT molecular complexity index is 689. The minimum absolute atomic E-state index is 0.160. The molecule has 0 aromatic carbocycles. The van der Waals surface area contributed by atoms with Crippen LogP contribution in [0.4, 0.5) is 4.79 Å². The number of carbonyl (C=O) groups is 1. The quantitative estimate of drug-likeness (QED) is 0.785. The predicted molar refractivity (Wildman–Crippen MR) is 88.4 cm³/mol. The summed E-state index contributed by atoms with van der Waals surface area (Å²) in [6, 6.07) is 0. The number of ether oxygens (including phenoxy) is 1. The first-order chi connectivity index (χ1) is 10.5. The Morgan fingerprint density at radius 3 is 2.26 bits per heavy atom. The van der Waals surface area contributed by atoms with Crippen LogP contribution in [0.1, 0.15) is 26.5 Å². The van der Waals surface area contributed by atoms with Gasteiger partial charge in [0.25, 0.3) is 10.0 Å². The van der Waals surface area contributed by atoms with Crippen molar-refractivity contribution in [1.29, 1.82) is 0 Å². The molecule has 1 aliphatic rings. The van der Waals surface area contributed by atoms with Crippen molar-refractivity contribution in [2.24, 2.45) is 0 Å². The van der Waals surface area contributed by atoms with Gasteiger partial charge in [-0.05, 0) is 27.7 Å². The summed E-state index contributed by atoms with van der Waals surface area (Å²) in [5.41, 5.74) is -0.175. The highest BCUT2D eigenvalue weighted by Crippen LogP contribution is 2.29. The molecular weight excluding hydrogens is 362 g/mol. The lowest BCUT2D eigenvalue weighted by Crippen LogP contribution is -2.51. The third kappa shape index (κ3) is 4.34. The number of nitrogens with zero attached hydrogens (tertiary/aromatic N) is 3. The molecule has 2 heterocycles. The van der Waals surface area contributed by atoms with Gasteiger partial charge >= 0.3 is 6.09 Å². The summed E-state index contributed by atoms with van der Waals surface area (Å²) in [5.74, 6) is 0. The third-order valence-corrected chi connectivity index (χ3v) is 6.94. The second kappa shape index (κ2) is 6.54. The van der Waals surface area contributed by atoms with Gasteiger partial charge in [-0.15, -0.1) is 0 Å². The Kier molecular flexibility index (Phi) is 5.24. The smallest absolute Gasteiger partial charge is 0.410 e. The average Bonchev–Trinajstić information content (AvgIpc) is 2.76. The highest BCUT2D eigenvalue weighted by atomic mass is 35.5. The van der Waals surface area contributed by atoms with E-state index in [2.05, 4.69) is 4.98 Å². The van der Waals surface area contributed by atoms with E-state index in [0.717, 1.165) is 11.3 Å². The molecule has 1 aromatic heterocycles. The molecule has 0 bridgehead atoms. The van der Waals surface area contributed by atoms with E-state index in [1.54, 1.807) is 27.7 Å². The van der Waals surface area contributed by atoms with E-state index in [-0.39, 0.29) is 21.8 Å². The van der Waals surface area contributed by atoms with Gasteiger partial charge in [-0.2, -0.15) is 4.31 Å². The average molecular weight is 382 g/mol. The van der Waals surface area contributed by atoms with E-state index < -0.39 is 21.7 Å². The first-order valence-electron chi connectivity index (χ1n) is 7.12. The molecule has 0 spiro atoms. The molecule has 0 saturated carbocycles. The Balaban J connectivity index is 2.04. The van der Waals surface area contributed by atoms with Crippen LogP contribution < -0.4 is 0 Å². The van der Waals surface area contributed by atoms with Crippen LogP contribution in [0.5, 0.6) is 0 Å². The fraction of sp³-hybridized carbons (Fsp3) is 0.692. The van der Waals surface area contributed by atoms with E-state index in [1.165, 1.54) is 9.21 Å². The van der Waals surface area contributed by atoms with Crippen LogP contribution in [0, 0.1) is 6.92 Å². The number of aromatic nitrogens is 1. The molecule has 10 heteroatoms. The predicted octanol–water partition coefficient (Wildman–Crippen LogP) is 2.35. The van der Waals surface area contributed by atoms with Crippen LogP contribution in [0.3, 0.4) is 0 Å². The molecule has 0 atom stereocenters. The van der Waals surface area contributed by atoms with Crippen molar-refractivity contribution in [2.75, 3.05) is 26.2 Å². The minimum Gasteiger partial charge on any atom is -0.444 e. The van der Waals surface area contributed by atoms with Gasteiger partial charge in [0.05, 0.1) is 5.69 Å². The molecule has 1 saturated heterocycles. The van der Waals surface area contributed by atoms with Gasteiger partial charge in [-0.1, -0.05) is 22.9 Å². The Morgan fingerprint density at radius 1 is 1.26 bits per heavy atom. The number of piperazine rings is 1. The van der Waals surface area contributed by atoms with Crippen molar-refractivity contribution in [1.82, 2.24) is 14.2 Å². The zero-order valence-corrected chi connectivity index (χ0v) is 15.9. The highest BCUT2D eigenvalue weighted by Gasteiger charge is 2.34. The van der Waals surface area contributed by atoms with Crippen LogP contribution in [-0.4, -0.2) is 60.5 Å². The van der Waals surface area contributed by atoms with Gasteiger partial charge in [0.2, 0.25) is 0 Å². The maximum Gasteiger partial charge on any atom is 0.410 e. The molecule has 0 radical (unpaired) electrons. The van der Waals surface area contributed by atoms with Crippen molar-refractivity contribution in [2.45, 2.75) is 37.5 Å². The zero-order chi connectivity index (χ0) is 17.4. The number of amides is 1. The minimum atomic E-state index is -3.63. The maximum atomic E-state index is 12.6. The van der Waals surface area contributed by atoms with Crippen LogP contribution >= 0.6 is 22.9 Å². The van der Waals surface area contributed by atoms with Gasteiger partial charge in [0, 0.05) is 26.2 Å². The largest absolute Gasteiger partial charge is 0.444 e. The standard InChI is InChI=1S/C13H20ClN3O4S2/c1-9-10(22-11(14)15-9)23(19,20)17-7-5-16(6-8-17)12(18)21-13(2,3)4/h5-8H2,1-4H3. The number of halogens is 1. The number of thiazole rings is 1. The highest BCUT2D eigenvalue weighted by molar-refractivity contribution is 7.91. The summed E-state index contributed by atoms with van der Waals surface area (Å²) in [5, 5.41) is 0. The van der Waals surface area contributed by atoms with Gasteiger partial charge in [0.1, 0.15) is 5.60 Å². The molecular formula is C13H20ClN3O4S2. The van der Waals surface area contributed by atoms with E-state index in [4.69, 9.17) is 16.3 Å². The number of hydrogen-bond acceptors (Lipinski definition) is 6. The molecule has 1 fully saturated rings. The summed E-state index contributed by atoms with van der Waals surface area (Å²) in [4.78, 5) is 17.5. The topological polar surface area (TPSA) is 79.8 Å². The van der Waals surface area contributed by atoms with Crippen molar-refractivity contribution >= 4 is 39.1 Å². The molecule has 1 aromatic rings. The van der Waals surface area contributed by atoms with Crippen LogP contribution in [0.25, 0.3) is 0 Å². The number of aryl methyl sites for hydroxylation is 1. The van der Waals surface area contributed by atoms with Crippen molar-refractivity contribution in [3.8, 4) is 0 Å². The van der Waals surface area contributed by atoms with Gasteiger partial charge in [-0.3, -0.25) is 0 Å². The van der Waals surface area contributed by atoms with Crippen LogP contribution in [-0.2, 0) is 14.8 Å². The lowest BCUT2D eigenvalue weighted by Gasteiger charge is -2.34. The van der Waals surface area contributed by atoms with Gasteiger partial charge in [0.15, 0.2) is 8.68 Å². The summed E-state index contributed by atoms with van der Waals surface area (Å²) >= 11 is 6.74. The van der Waals surface area contributed by atoms with E-state index in [0.29, 0.717) is 18.8 Å². The molecule has 23 heavy (non-hydrogen) atoms. The maximum absolute atomic E-state index is 12.6. The first-order valence-corrected chi connectivity index (χ1v) is 9.75. The van der Waals surface area contributed by atoms with Crippen molar-refractivity contribution < 1.29 is 17.9 Å². The Morgan fingerprint density at radius 2 is 1.83 bits per heavy atom. The number of sulfonamides is 1. The summed E-state index contributed by atoms with van der Waals surface area (Å²) in [6.07, 6.45) is -0.424. The Labute approximate surface area is 145 Å². The fourth-order valence-corrected chi connectivity index (χ4v) is 5.44. The van der Waals surface area contributed by atoms with Crippen molar-refractivity contribution in [3.63, 3.8) is 0 Å². The molecule has 2 rings (SSSR count). The Hall–Kier alpha value is -0.900. The van der Waals surface area contributed by atoms with E-state index in [1.807, 2.05) is 0 Å². The summed E-state index contributed by atoms with van der Waals surface area (Å²) < 4.78 is 32.3. The molecule has 7 nitrogen and oxygen atoms in total. The molecule has 130 valence electrons. The SMILES string of the molecule is Cc1nc(Cl)sc1S(=O)(=O)N1CCN(C(=O)OC(C)(C)C)CC1. The van der Waals surface area contributed by atoms with Crippen LogP contribution in [0.15, 0.2) is 4.21 Å². The summed E-state index contributed by atoms with van der Waals surface area (Å²) in [6.45, 7) is 8.02. The molecule has 1 aliphatic heterocycles. The van der Waals surface area contributed by atoms with E-state index >= 15 is 0 Å². The fourth-order valence-electron chi connectivity index (χ4n) is 2.14. The second-order valence-electron chi connectivity index (χ2n) is 6.21. The lowest BCUT2D eigenvalue weighted by molar-refractivity contribution is 0.0192. The van der Waals surface area contributed by atoms with Gasteiger partial charge in [-0.25, -0.2) is 18.2 Å². The zero-order valence-electron chi connectivity index (χ0n) is 13.5. The normalized spacial score (nSPS) is 17.3. The molecule has 1 amide bonds. The lowest BCUT2D eigenvalue weighted by atomic mass is 10.2. The molecule has 0 aliphatic carbocycles. The monoisotopic (exact) mass is 381 g/mol. The second-order valence-corrected chi connectivity index (χ2v) is 9.93. The summed E-state index contributed by atoms with van der Waals surface area (Å²) in [7, 11) is -3.63.